The van der Waals surface area contributed by atoms with Crippen LogP contribution < -0.4 is 11.3 Å². The van der Waals surface area contributed by atoms with Crippen LogP contribution in [0.2, 0.25) is 0 Å². The van der Waals surface area contributed by atoms with Crippen LogP contribution in [0.4, 0.5) is 0 Å². The molecular formula is C13H15N3. The van der Waals surface area contributed by atoms with Gasteiger partial charge in [0.2, 0.25) is 0 Å². The smallest absolute Gasteiger partial charge is 0.0881 e. The van der Waals surface area contributed by atoms with Crippen LogP contribution in [0.5, 0.6) is 0 Å². The number of benzene rings is 1. The summed E-state index contributed by atoms with van der Waals surface area (Å²) in [6, 6.07) is 14.0. The summed E-state index contributed by atoms with van der Waals surface area (Å²) in [5.41, 5.74) is 6.07. The number of hydrogen-bond donors (Lipinski definition) is 2. The first-order chi connectivity index (χ1) is 7.81. The number of nitrogens with zero attached hydrogens (tertiary/aromatic N) is 1. The summed E-state index contributed by atoms with van der Waals surface area (Å²) < 4.78 is 0. The van der Waals surface area contributed by atoms with Crippen LogP contribution in [-0.2, 0) is 0 Å². The normalized spacial score (nSPS) is 12.4. The minimum absolute atomic E-state index is 0.0545. The highest BCUT2D eigenvalue weighted by Gasteiger charge is 2.12. The number of hydrazine groups is 1. The van der Waals surface area contributed by atoms with Gasteiger partial charge in [-0.05, 0) is 24.6 Å². The molecule has 1 heterocycles. The van der Waals surface area contributed by atoms with Crippen molar-refractivity contribution < 1.29 is 0 Å². The molecule has 0 fully saturated rings. The fraction of sp³-hybridized carbons (Fsp3) is 0.154. The van der Waals surface area contributed by atoms with E-state index in [0.717, 1.165) is 11.3 Å². The molecule has 0 spiro atoms. The number of aryl methyl sites for hydroxylation is 1. The van der Waals surface area contributed by atoms with Crippen LogP contribution in [-0.4, -0.2) is 4.98 Å². The van der Waals surface area contributed by atoms with Crippen molar-refractivity contribution in [3.63, 3.8) is 0 Å². The van der Waals surface area contributed by atoms with Crippen LogP contribution in [0.3, 0.4) is 0 Å². The van der Waals surface area contributed by atoms with Crippen molar-refractivity contribution in [1.29, 1.82) is 0 Å². The van der Waals surface area contributed by atoms with E-state index in [0.29, 0.717) is 0 Å². The average molecular weight is 213 g/mol. The number of nitrogens with two attached hydrogens (primary N) is 1. The molecule has 16 heavy (non-hydrogen) atoms. The van der Waals surface area contributed by atoms with Gasteiger partial charge in [0, 0.05) is 6.20 Å². The summed E-state index contributed by atoms with van der Waals surface area (Å²) in [5.74, 6) is 5.60. The molecule has 1 atom stereocenters. The Labute approximate surface area is 95.3 Å². The molecule has 0 aliphatic heterocycles. The topological polar surface area (TPSA) is 50.9 Å². The first kappa shape index (κ1) is 10.8. The zero-order chi connectivity index (χ0) is 11.4. The molecule has 0 aliphatic carbocycles. The van der Waals surface area contributed by atoms with Crippen molar-refractivity contribution in [3.05, 3.63) is 65.5 Å². The van der Waals surface area contributed by atoms with Gasteiger partial charge >= 0.3 is 0 Å². The number of rotatable bonds is 3. The predicted octanol–water partition coefficient (Wildman–Crippen LogP) is 1.94. The lowest BCUT2D eigenvalue weighted by molar-refractivity contribution is 0.620. The molecular weight excluding hydrogens is 198 g/mol. The molecule has 82 valence electrons. The van der Waals surface area contributed by atoms with E-state index in [2.05, 4.69) is 29.5 Å². The second kappa shape index (κ2) is 4.88. The fourth-order valence-corrected chi connectivity index (χ4v) is 1.75. The minimum atomic E-state index is -0.0545. The Bertz CT molecular complexity index is 454. The van der Waals surface area contributed by atoms with Gasteiger partial charge in [-0.25, -0.2) is 5.43 Å². The average Bonchev–Trinajstić information content (AvgIpc) is 2.31. The van der Waals surface area contributed by atoms with Crippen molar-refractivity contribution in [2.45, 2.75) is 13.0 Å². The maximum atomic E-state index is 5.60. The summed E-state index contributed by atoms with van der Waals surface area (Å²) in [7, 11) is 0. The molecule has 0 aliphatic rings. The SMILES string of the molecule is Cc1cccc(C(NN)c2ccccn2)c1. The zero-order valence-corrected chi connectivity index (χ0v) is 9.22. The Morgan fingerprint density at radius 2 is 2.06 bits per heavy atom. The summed E-state index contributed by atoms with van der Waals surface area (Å²) in [5, 5.41) is 0. The van der Waals surface area contributed by atoms with Crippen LogP contribution in [0, 0.1) is 6.92 Å². The van der Waals surface area contributed by atoms with Crippen LogP contribution in [0.1, 0.15) is 22.9 Å². The maximum Gasteiger partial charge on any atom is 0.0881 e. The summed E-state index contributed by atoms with van der Waals surface area (Å²) in [4.78, 5) is 4.31. The lowest BCUT2D eigenvalue weighted by Crippen LogP contribution is -2.29. The van der Waals surface area contributed by atoms with Crippen molar-refractivity contribution >= 4 is 0 Å². The van der Waals surface area contributed by atoms with Gasteiger partial charge in [-0.15, -0.1) is 0 Å². The molecule has 1 unspecified atom stereocenters. The molecule has 3 heteroatoms. The third kappa shape index (κ3) is 2.27. The summed E-state index contributed by atoms with van der Waals surface area (Å²) >= 11 is 0. The Hall–Kier alpha value is -1.71. The largest absolute Gasteiger partial charge is 0.271 e. The Morgan fingerprint density at radius 3 is 2.69 bits per heavy atom. The summed E-state index contributed by atoms with van der Waals surface area (Å²) in [6.07, 6.45) is 1.77. The third-order valence-electron chi connectivity index (χ3n) is 2.53. The standard InChI is InChI=1S/C13H15N3/c1-10-5-4-6-11(9-10)13(16-14)12-7-2-3-8-15-12/h2-9,13,16H,14H2,1H3. The van der Waals surface area contributed by atoms with Gasteiger partial charge in [-0.3, -0.25) is 10.8 Å². The van der Waals surface area contributed by atoms with E-state index < -0.39 is 0 Å². The van der Waals surface area contributed by atoms with E-state index in [1.807, 2.05) is 30.3 Å². The maximum absolute atomic E-state index is 5.60. The molecule has 3 N–H and O–H groups in total. The van der Waals surface area contributed by atoms with Crippen LogP contribution in [0.25, 0.3) is 0 Å². The Kier molecular flexibility index (Phi) is 3.29. The molecule has 0 bridgehead atoms. The lowest BCUT2D eigenvalue weighted by Gasteiger charge is -2.16. The quantitative estimate of drug-likeness (QED) is 0.605. The highest BCUT2D eigenvalue weighted by Crippen LogP contribution is 2.19. The minimum Gasteiger partial charge on any atom is -0.271 e. The fourth-order valence-electron chi connectivity index (χ4n) is 1.75. The van der Waals surface area contributed by atoms with Crippen molar-refractivity contribution in [2.24, 2.45) is 5.84 Å². The molecule has 0 saturated heterocycles. The molecule has 0 saturated carbocycles. The second-order valence-electron chi connectivity index (χ2n) is 3.77. The molecule has 2 rings (SSSR count). The van der Waals surface area contributed by atoms with Crippen molar-refractivity contribution in [1.82, 2.24) is 10.4 Å². The van der Waals surface area contributed by atoms with Gasteiger partial charge in [0.05, 0.1) is 11.7 Å². The van der Waals surface area contributed by atoms with E-state index >= 15 is 0 Å². The number of nitrogens with one attached hydrogen (secondary N) is 1. The van der Waals surface area contributed by atoms with E-state index in [9.17, 15) is 0 Å². The molecule has 2 aromatic rings. The molecule has 0 amide bonds. The second-order valence-corrected chi connectivity index (χ2v) is 3.77. The van der Waals surface area contributed by atoms with Gasteiger partial charge in [0.1, 0.15) is 0 Å². The van der Waals surface area contributed by atoms with Gasteiger partial charge in [-0.2, -0.15) is 0 Å². The highest BCUT2D eigenvalue weighted by atomic mass is 15.2. The van der Waals surface area contributed by atoms with E-state index in [-0.39, 0.29) is 6.04 Å². The van der Waals surface area contributed by atoms with Crippen LogP contribution in [0.15, 0.2) is 48.7 Å². The van der Waals surface area contributed by atoms with Gasteiger partial charge < -0.3 is 0 Å². The molecule has 1 aromatic carbocycles. The first-order valence-electron chi connectivity index (χ1n) is 5.25. The van der Waals surface area contributed by atoms with Crippen molar-refractivity contribution in [2.75, 3.05) is 0 Å². The molecule has 1 aromatic heterocycles. The van der Waals surface area contributed by atoms with Crippen molar-refractivity contribution in [3.8, 4) is 0 Å². The lowest BCUT2D eigenvalue weighted by atomic mass is 10.0. The molecule has 0 radical (unpaired) electrons. The van der Waals surface area contributed by atoms with E-state index in [1.165, 1.54) is 5.56 Å². The summed E-state index contributed by atoms with van der Waals surface area (Å²) in [6.45, 7) is 2.06. The number of aromatic nitrogens is 1. The zero-order valence-electron chi connectivity index (χ0n) is 9.22. The van der Waals surface area contributed by atoms with Gasteiger partial charge in [-0.1, -0.05) is 35.9 Å². The Morgan fingerprint density at radius 1 is 1.19 bits per heavy atom. The predicted molar refractivity (Wildman–Crippen MR) is 64.6 cm³/mol. The monoisotopic (exact) mass is 213 g/mol. The third-order valence-corrected chi connectivity index (χ3v) is 2.53. The van der Waals surface area contributed by atoms with Crippen LogP contribution >= 0.6 is 0 Å². The molecule has 3 nitrogen and oxygen atoms in total. The van der Waals surface area contributed by atoms with E-state index in [4.69, 9.17) is 5.84 Å². The number of hydrogen-bond acceptors (Lipinski definition) is 3. The van der Waals surface area contributed by atoms with Gasteiger partial charge in [0.25, 0.3) is 0 Å². The Balaban J connectivity index is 2.37. The number of pyridine rings is 1. The van der Waals surface area contributed by atoms with Gasteiger partial charge in [0.15, 0.2) is 0 Å². The highest BCUT2D eigenvalue weighted by molar-refractivity contribution is 5.30. The van der Waals surface area contributed by atoms with E-state index in [1.54, 1.807) is 6.20 Å². The first-order valence-corrected chi connectivity index (χ1v) is 5.25.